The average molecular weight is 342 g/mol. The lowest BCUT2D eigenvalue weighted by Gasteiger charge is -2.21. The molecule has 0 aliphatic carbocycles. The number of amides is 2. The van der Waals surface area contributed by atoms with Crippen LogP contribution in [0.15, 0.2) is 16.6 Å². The van der Waals surface area contributed by atoms with E-state index in [1.807, 2.05) is 6.92 Å². The van der Waals surface area contributed by atoms with Crippen molar-refractivity contribution in [2.45, 2.75) is 13.0 Å². The van der Waals surface area contributed by atoms with Crippen LogP contribution in [0, 0.1) is 0 Å². The molecule has 1 aromatic rings. The number of rotatable bonds is 4. The molecule has 1 heterocycles. The number of nitrogens with zero attached hydrogens (tertiary/aromatic N) is 1. The fraction of sp³-hybridized carbons (Fsp3) is 0.385. The Morgan fingerprint density at radius 2 is 2.25 bits per heavy atom. The first-order chi connectivity index (χ1) is 9.43. The minimum Gasteiger partial charge on any atom is -0.378 e. The molecule has 1 aliphatic rings. The van der Waals surface area contributed by atoms with E-state index in [-0.39, 0.29) is 12.5 Å². The summed E-state index contributed by atoms with van der Waals surface area (Å²) in [6.45, 7) is 2.65. The van der Waals surface area contributed by atoms with Gasteiger partial charge in [-0.3, -0.25) is 9.59 Å². The van der Waals surface area contributed by atoms with Crippen molar-refractivity contribution in [3.05, 3.63) is 22.2 Å². The summed E-state index contributed by atoms with van der Waals surface area (Å²) < 4.78 is 0.721. The molecule has 0 spiro atoms. The van der Waals surface area contributed by atoms with Crippen LogP contribution in [-0.2, 0) is 9.59 Å². The summed E-state index contributed by atoms with van der Waals surface area (Å²) >= 11 is 3.40. The van der Waals surface area contributed by atoms with Gasteiger partial charge in [-0.25, -0.2) is 0 Å². The SMILES string of the molecule is CCNC(=O)CN(C)c1cc2c(cc1Br)C(O)C(=O)N2. The van der Waals surface area contributed by atoms with Crippen LogP contribution in [0.2, 0.25) is 0 Å². The molecule has 6 nitrogen and oxygen atoms in total. The molecule has 1 aromatic carbocycles. The highest BCUT2D eigenvalue weighted by Crippen LogP contribution is 2.38. The van der Waals surface area contributed by atoms with Gasteiger partial charge in [0.15, 0.2) is 6.10 Å². The minimum atomic E-state index is -1.14. The summed E-state index contributed by atoms with van der Waals surface area (Å²) in [6.07, 6.45) is -1.14. The lowest BCUT2D eigenvalue weighted by atomic mass is 10.1. The number of halogens is 1. The van der Waals surface area contributed by atoms with Gasteiger partial charge in [-0.1, -0.05) is 0 Å². The van der Waals surface area contributed by atoms with Gasteiger partial charge in [-0.15, -0.1) is 0 Å². The average Bonchev–Trinajstić information content (AvgIpc) is 2.65. The van der Waals surface area contributed by atoms with Crippen LogP contribution in [-0.4, -0.2) is 37.1 Å². The number of nitrogens with one attached hydrogen (secondary N) is 2. The van der Waals surface area contributed by atoms with Gasteiger partial charge in [0.1, 0.15) is 0 Å². The lowest BCUT2D eigenvalue weighted by Crippen LogP contribution is -2.35. The molecule has 108 valence electrons. The summed E-state index contributed by atoms with van der Waals surface area (Å²) in [6, 6.07) is 3.44. The van der Waals surface area contributed by atoms with Crippen LogP contribution in [0.4, 0.5) is 11.4 Å². The van der Waals surface area contributed by atoms with E-state index in [0.717, 1.165) is 10.2 Å². The molecule has 1 aliphatic heterocycles. The Labute approximate surface area is 125 Å². The van der Waals surface area contributed by atoms with Gasteiger partial charge in [-0.05, 0) is 35.0 Å². The number of aliphatic hydroxyl groups excluding tert-OH is 1. The van der Waals surface area contributed by atoms with E-state index >= 15 is 0 Å². The zero-order valence-corrected chi connectivity index (χ0v) is 12.8. The van der Waals surface area contributed by atoms with E-state index < -0.39 is 12.0 Å². The second-order valence-corrected chi connectivity index (χ2v) is 5.45. The standard InChI is InChI=1S/C13H16BrN3O3/c1-3-15-11(18)6-17(2)10-5-9-7(4-8(10)14)12(19)13(20)16-9/h4-5,12,19H,3,6H2,1-2H3,(H,15,18)(H,16,20). The van der Waals surface area contributed by atoms with E-state index in [0.29, 0.717) is 17.8 Å². The predicted octanol–water partition coefficient (Wildman–Crippen LogP) is 1.01. The number of benzene rings is 1. The third-order valence-corrected chi connectivity index (χ3v) is 3.72. The zero-order chi connectivity index (χ0) is 14.9. The fourth-order valence-corrected chi connectivity index (χ4v) is 2.76. The Morgan fingerprint density at radius 3 is 2.90 bits per heavy atom. The van der Waals surface area contributed by atoms with Crippen molar-refractivity contribution in [1.82, 2.24) is 5.32 Å². The normalized spacial score (nSPS) is 16.6. The van der Waals surface area contributed by atoms with Crippen LogP contribution in [0.3, 0.4) is 0 Å². The first-order valence-corrected chi connectivity index (χ1v) is 7.03. The molecule has 1 unspecified atom stereocenters. The molecule has 0 saturated heterocycles. The Morgan fingerprint density at radius 1 is 1.55 bits per heavy atom. The summed E-state index contributed by atoms with van der Waals surface area (Å²) in [5.41, 5.74) is 1.88. The fourth-order valence-electron chi connectivity index (χ4n) is 2.10. The second kappa shape index (κ2) is 5.80. The molecule has 0 bridgehead atoms. The van der Waals surface area contributed by atoms with Gasteiger partial charge < -0.3 is 20.6 Å². The van der Waals surface area contributed by atoms with Crippen LogP contribution in [0.5, 0.6) is 0 Å². The largest absolute Gasteiger partial charge is 0.378 e. The number of carbonyl (C=O) groups excluding carboxylic acids is 2. The van der Waals surface area contributed by atoms with E-state index in [4.69, 9.17) is 0 Å². The number of fused-ring (bicyclic) bond motifs is 1. The zero-order valence-electron chi connectivity index (χ0n) is 11.2. The van der Waals surface area contributed by atoms with E-state index in [9.17, 15) is 14.7 Å². The summed E-state index contributed by atoms with van der Waals surface area (Å²) in [4.78, 5) is 24.8. The highest BCUT2D eigenvalue weighted by molar-refractivity contribution is 9.10. The summed E-state index contributed by atoms with van der Waals surface area (Å²) in [5.74, 6) is -0.512. The maximum atomic E-state index is 11.6. The lowest BCUT2D eigenvalue weighted by molar-refractivity contribution is -0.123. The Hall–Kier alpha value is -1.60. The van der Waals surface area contributed by atoms with Gasteiger partial charge >= 0.3 is 0 Å². The number of hydrogen-bond donors (Lipinski definition) is 3. The van der Waals surface area contributed by atoms with Gasteiger partial charge in [-0.2, -0.15) is 0 Å². The molecule has 0 saturated carbocycles. The Bertz CT molecular complexity index is 562. The van der Waals surface area contributed by atoms with Crippen molar-refractivity contribution in [3.63, 3.8) is 0 Å². The van der Waals surface area contributed by atoms with Crippen LogP contribution in [0.1, 0.15) is 18.6 Å². The number of likely N-dealkylation sites (N-methyl/N-ethyl adjacent to an activating group) is 2. The van der Waals surface area contributed by atoms with Crippen LogP contribution >= 0.6 is 15.9 Å². The van der Waals surface area contributed by atoms with Crippen molar-refractivity contribution in [2.75, 3.05) is 30.4 Å². The number of carbonyl (C=O) groups is 2. The van der Waals surface area contributed by atoms with Gasteiger partial charge in [0.05, 0.1) is 12.2 Å². The maximum Gasteiger partial charge on any atom is 0.257 e. The highest BCUT2D eigenvalue weighted by Gasteiger charge is 2.30. The molecule has 0 fully saturated rings. The van der Waals surface area contributed by atoms with Crippen molar-refractivity contribution >= 4 is 39.1 Å². The third-order valence-electron chi connectivity index (χ3n) is 3.09. The molecule has 20 heavy (non-hydrogen) atoms. The topological polar surface area (TPSA) is 81.7 Å². The van der Waals surface area contributed by atoms with Crippen molar-refractivity contribution in [3.8, 4) is 0 Å². The quantitative estimate of drug-likeness (QED) is 0.763. The third kappa shape index (κ3) is 2.78. The molecule has 3 N–H and O–H groups in total. The predicted molar refractivity (Wildman–Crippen MR) is 79.7 cm³/mol. The molecule has 0 radical (unpaired) electrons. The highest BCUT2D eigenvalue weighted by atomic mass is 79.9. The van der Waals surface area contributed by atoms with Gasteiger partial charge in [0.25, 0.3) is 5.91 Å². The van der Waals surface area contributed by atoms with Crippen LogP contribution < -0.4 is 15.5 Å². The number of hydrogen-bond acceptors (Lipinski definition) is 4. The first kappa shape index (κ1) is 14.8. The second-order valence-electron chi connectivity index (χ2n) is 4.59. The number of anilines is 2. The van der Waals surface area contributed by atoms with Gasteiger partial charge in [0, 0.05) is 29.3 Å². The monoisotopic (exact) mass is 341 g/mol. The van der Waals surface area contributed by atoms with E-state index in [1.165, 1.54) is 0 Å². The Kier molecular flexibility index (Phi) is 4.29. The molecular formula is C13H16BrN3O3. The maximum absolute atomic E-state index is 11.6. The van der Waals surface area contributed by atoms with Crippen LogP contribution in [0.25, 0.3) is 0 Å². The van der Waals surface area contributed by atoms with E-state index in [1.54, 1.807) is 24.1 Å². The summed E-state index contributed by atoms with van der Waals surface area (Å²) in [7, 11) is 1.79. The molecule has 2 amide bonds. The van der Waals surface area contributed by atoms with Gasteiger partial charge in [0.2, 0.25) is 5.91 Å². The van der Waals surface area contributed by atoms with Crippen molar-refractivity contribution in [1.29, 1.82) is 0 Å². The van der Waals surface area contributed by atoms with E-state index in [2.05, 4.69) is 26.6 Å². The smallest absolute Gasteiger partial charge is 0.257 e. The molecule has 0 aromatic heterocycles. The molecule has 7 heteroatoms. The Balaban J connectivity index is 2.24. The first-order valence-electron chi connectivity index (χ1n) is 6.24. The molecular weight excluding hydrogens is 326 g/mol. The van der Waals surface area contributed by atoms with Crippen molar-refractivity contribution < 1.29 is 14.7 Å². The molecule has 2 rings (SSSR count). The van der Waals surface area contributed by atoms with Crippen molar-refractivity contribution in [2.24, 2.45) is 0 Å². The number of aliphatic hydroxyl groups is 1. The minimum absolute atomic E-state index is 0.0773. The summed E-state index contributed by atoms with van der Waals surface area (Å²) in [5, 5.41) is 15.0. The molecule has 1 atom stereocenters.